The third kappa shape index (κ3) is 4.98. The number of carbonyl (C=O) groups excluding carboxylic acids is 1. The predicted molar refractivity (Wildman–Crippen MR) is 109 cm³/mol. The molecule has 6 heteroatoms. The summed E-state index contributed by atoms with van der Waals surface area (Å²) < 4.78 is 16.1. The first kappa shape index (κ1) is 20.1. The first-order chi connectivity index (χ1) is 13.4. The van der Waals surface area contributed by atoms with Crippen molar-refractivity contribution in [2.24, 2.45) is 5.92 Å². The van der Waals surface area contributed by atoms with E-state index in [-0.39, 0.29) is 17.4 Å². The first-order valence-corrected chi connectivity index (χ1v) is 9.60. The van der Waals surface area contributed by atoms with Crippen LogP contribution in [0.3, 0.4) is 0 Å². The molecule has 0 radical (unpaired) electrons. The minimum absolute atomic E-state index is 0.0797. The summed E-state index contributed by atoms with van der Waals surface area (Å²) >= 11 is 6.08. The number of aromatic nitrogens is 2. The summed E-state index contributed by atoms with van der Waals surface area (Å²) in [5, 5.41) is 0.676. The van der Waals surface area contributed by atoms with Gasteiger partial charge in [0, 0.05) is 30.5 Å². The fraction of sp³-hybridized carbons (Fsp3) is 0.273. The molecule has 0 fully saturated rings. The summed E-state index contributed by atoms with van der Waals surface area (Å²) in [6, 6.07) is 13.7. The molecule has 0 N–H and O–H groups in total. The Morgan fingerprint density at radius 2 is 2.00 bits per heavy atom. The molecule has 0 aliphatic rings. The Morgan fingerprint density at radius 1 is 1.21 bits per heavy atom. The molecule has 2 aromatic carbocycles. The van der Waals surface area contributed by atoms with Crippen molar-refractivity contribution < 1.29 is 9.18 Å². The average Bonchev–Trinajstić information content (AvgIpc) is 3.07. The van der Waals surface area contributed by atoms with Crippen molar-refractivity contribution in [3.05, 3.63) is 88.7 Å². The maximum atomic E-state index is 14.1. The second-order valence-electron chi connectivity index (χ2n) is 7.16. The number of imidazole rings is 1. The Hall–Kier alpha value is -2.66. The van der Waals surface area contributed by atoms with E-state index in [0.717, 1.165) is 11.4 Å². The maximum Gasteiger partial charge on any atom is 0.257 e. The van der Waals surface area contributed by atoms with Gasteiger partial charge in [0.2, 0.25) is 0 Å². The summed E-state index contributed by atoms with van der Waals surface area (Å²) in [7, 11) is 0. The number of nitrogens with zero attached hydrogens (tertiary/aromatic N) is 3. The van der Waals surface area contributed by atoms with Gasteiger partial charge < -0.3 is 9.47 Å². The Bertz CT molecular complexity index is 954. The summed E-state index contributed by atoms with van der Waals surface area (Å²) in [6.45, 7) is 5.47. The zero-order valence-corrected chi connectivity index (χ0v) is 16.7. The average molecular weight is 400 g/mol. The standard InChI is InChI=1S/C22H23ClFN3O/c1-16(2)13-27(22(28)19-8-3-4-9-20(19)24)15-21-25-10-11-26(21)14-17-6-5-7-18(23)12-17/h3-12,16H,13-15H2,1-2H3. The second-order valence-corrected chi connectivity index (χ2v) is 7.60. The van der Waals surface area contributed by atoms with Crippen LogP contribution in [0, 0.1) is 11.7 Å². The zero-order valence-electron chi connectivity index (χ0n) is 16.0. The van der Waals surface area contributed by atoms with E-state index in [0.29, 0.717) is 24.7 Å². The third-order valence-electron chi connectivity index (χ3n) is 4.35. The first-order valence-electron chi connectivity index (χ1n) is 9.22. The number of carbonyl (C=O) groups is 1. The Balaban J connectivity index is 1.83. The van der Waals surface area contributed by atoms with Gasteiger partial charge in [-0.05, 0) is 35.7 Å². The van der Waals surface area contributed by atoms with Gasteiger partial charge in [0.05, 0.1) is 12.1 Å². The van der Waals surface area contributed by atoms with E-state index in [4.69, 9.17) is 11.6 Å². The highest BCUT2D eigenvalue weighted by Gasteiger charge is 2.21. The van der Waals surface area contributed by atoms with Crippen molar-refractivity contribution in [1.82, 2.24) is 14.5 Å². The van der Waals surface area contributed by atoms with Crippen molar-refractivity contribution in [3.8, 4) is 0 Å². The van der Waals surface area contributed by atoms with Gasteiger partial charge in [-0.2, -0.15) is 0 Å². The van der Waals surface area contributed by atoms with E-state index in [9.17, 15) is 9.18 Å². The lowest BCUT2D eigenvalue weighted by molar-refractivity contribution is 0.0711. The van der Waals surface area contributed by atoms with Crippen LogP contribution in [0.1, 0.15) is 35.6 Å². The van der Waals surface area contributed by atoms with Gasteiger partial charge in [-0.25, -0.2) is 9.37 Å². The van der Waals surface area contributed by atoms with Gasteiger partial charge >= 0.3 is 0 Å². The Labute approximate surface area is 169 Å². The molecule has 0 spiro atoms. The van der Waals surface area contributed by atoms with E-state index in [2.05, 4.69) is 4.98 Å². The van der Waals surface area contributed by atoms with Crippen LogP contribution in [0.2, 0.25) is 5.02 Å². The molecular weight excluding hydrogens is 377 g/mol. The van der Waals surface area contributed by atoms with E-state index in [1.54, 1.807) is 23.2 Å². The highest BCUT2D eigenvalue weighted by atomic mass is 35.5. The molecule has 4 nitrogen and oxygen atoms in total. The van der Waals surface area contributed by atoms with Crippen molar-refractivity contribution in [2.45, 2.75) is 26.9 Å². The van der Waals surface area contributed by atoms with Crippen molar-refractivity contribution in [2.75, 3.05) is 6.54 Å². The van der Waals surface area contributed by atoms with Crippen LogP contribution in [-0.2, 0) is 13.1 Å². The van der Waals surface area contributed by atoms with E-state index in [1.807, 2.05) is 48.9 Å². The molecule has 0 saturated heterocycles. The number of hydrogen-bond donors (Lipinski definition) is 0. The Kier molecular flexibility index (Phi) is 6.47. The second kappa shape index (κ2) is 9.02. The smallest absolute Gasteiger partial charge is 0.257 e. The van der Waals surface area contributed by atoms with Gasteiger partial charge in [0.25, 0.3) is 5.91 Å². The minimum atomic E-state index is -0.511. The molecule has 1 amide bonds. The highest BCUT2D eigenvalue weighted by Crippen LogP contribution is 2.16. The molecule has 146 valence electrons. The molecule has 1 aromatic heterocycles. The van der Waals surface area contributed by atoms with Crippen molar-refractivity contribution in [1.29, 1.82) is 0 Å². The SMILES string of the molecule is CC(C)CN(Cc1nccn1Cc1cccc(Cl)c1)C(=O)c1ccccc1F. The molecule has 0 aliphatic heterocycles. The fourth-order valence-corrected chi connectivity index (χ4v) is 3.32. The van der Waals surface area contributed by atoms with Crippen LogP contribution < -0.4 is 0 Å². The summed E-state index contributed by atoms with van der Waals surface area (Å²) in [4.78, 5) is 19.0. The number of halogens is 2. The van der Waals surface area contributed by atoms with Gasteiger partial charge in [0.1, 0.15) is 11.6 Å². The maximum absolute atomic E-state index is 14.1. The van der Waals surface area contributed by atoms with E-state index >= 15 is 0 Å². The highest BCUT2D eigenvalue weighted by molar-refractivity contribution is 6.30. The Morgan fingerprint density at radius 3 is 2.71 bits per heavy atom. The van der Waals surface area contributed by atoms with E-state index < -0.39 is 5.82 Å². The van der Waals surface area contributed by atoms with Crippen LogP contribution in [0.4, 0.5) is 4.39 Å². The number of benzene rings is 2. The molecular formula is C22H23ClFN3O. The van der Waals surface area contributed by atoms with Crippen LogP contribution >= 0.6 is 11.6 Å². The van der Waals surface area contributed by atoms with Gasteiger partial charge in [-0.1, -0.05) is 49.7 Å². The van der Waals surface area contributed by atoms with Gasteiger partial charge in [0.15, 0.2) is 0 Å². The van der Waals surface area contributed by atoms with Crippen LogP contribution in [0.25, 0.3) is 0 Å². The predicted octanol–water partition coefficient (Wildman–Crippen LogP) is 5.02. The molecule has 0 saturated carbocycles. The van der Waals surface area contributed by atoms with Crippen molar-refractivity contribution >= 4 is 17.5 Å². The van der Waals surface area contributed by atoms with Crippen LogP contribution in [-0.4, -0.2) is 26.9 Å². The normalized spacial score (nSPS) is 11.0. The van der Waals surface area contributed by atoms with Crippen molar-refractivity contribution in [3.63, 3.8) is 0 Å². The van der Waals surface area contributed by atoms with E-state index in [1.165, 1.54) is 12.1 Å². The third-order valence-corrected chi connectivity index (χ3v) is 4.59. The fourth-order valence-electron chi connectivity index (χ4n) is 3.10. The topological polar surface area (TPSA) is 38.1 Å². The van der Waals surface area contributed by atoms with Crippen LogP contribution in [0.5, 0.6) is 0 Å². The number of rotatable bonds is 7. The molecule has 0 unspecified atom stereocenters. The molecule has 28 heavy (non-hydrogen) atoms. The quantitative estimate of drug-likeness (QED) is 0.559. The largest absolute Gasteiger partial charge is 0.331 e. The lowest BCUT2D eigenvalue weighted by Crippen LogP contribution is -2.35. The monoisotopic (exact) mass is 399 g/mol. The zero-order chi connectivity index (χ0) is 20.1. The van der Waals surface area contributed by atoms with Gasteiger partial charge in [-0.3, -0.25) is 4.79 Å². The molecule has 1 heterocycles. The summed E-state index contributed by atoms with van der Waals surface area (Å²) in [6.07, 6.45) is 3.58. The summed E-state index contributed by atoms with van der Waals surface area (Å²) in [5.41, 5.74) is 1.12. The minimum Gasteiger partial charge on any atom is -0.331 e. The van der Waals surface area contributed by atoms with Crippen LogP contribution in [0.15, 0.2) is 60.9 Å². The lowest BCUT2D eigenvalue weighted by atomic mass is 10.1. The number of amides is 1. The molecule has 0 aliphatic carbocycles. The molecule has 3 aromatic rings. The molecule has 0 atom stereocenters. The molecule has 3 rings (SSSR count). The lowest BCUT2D eigenvalue weighted by Gasteiger charge is -2.25. The molecule has 0 bridgehead atoms. The summed E-state index contributed by atoms with van der Waals surface area (Å²) in [5.74, 6) is 0.144. The van der Waals surface area contributed by atoms with Gasteiger partial charge in [-0.15, -0.1) is 0 Å². The number of hydrogen-bond acceptors (Lipinski definition) is 2.